The smallest absolute Gasteiger partial charge is 0.248 e. The summed E-state index contributed by atoms with van der Waals surface area (Å²) in [6.07, 6.45) is 4.28. The Labute approximate surface area is 129 Å². The van der Waals surface area contributed by atoms with Crippen molar-refractivity contribution in [3.8, 4) is 11.1 Å². The second-order valence-electron chi connectivity index (χ2n) is 5.13. The van der Waals surface area contributed by atoms with E-state index in [0.29, 0.717) is 5.56 Å². The highest BCUT2D eigenvalue weighted by Gasteiger charge is 2.09. The highest BCUT2D eigenvalue weighted by molar-refractivity contribution is 5.93. The van der Waals surface area contributed by atoms with Gasteiger partial charge < -0.3 is 5.73 Å². The predicted octanol–water partition coefficient (Wildman–Crippen LogP) is 3.44. The van der Waals surface area contributed by atoms with E-state index in [1.807, 2.05) is 42.5 Å². The number of pyridine rings is 1. The van der Waals surface area contributed by atoms with Crippen LogP contribution in [0.4, 0.5) is 0 Å². The highest BCUT2D eigenvalue weighted by Crippen LogP contribution is 2.26. The molecule has 0 fully saturated rings. The summed E-state index contributed by atoms with van der Waals surface area (Å²) in [7, 11) is 0. The van der Waals surface area contributed by atoms with Crippen LogP contribution in [-0.4, -0.2) is 10.9 Å². The van der Waals surface area contributed by atoms with Gasteiger partial charge in [-0.2, -0.15) is 0 Å². The van der Waals surface area contributed by atoms with Crippen LogP contribution in [0.25, 0.3) is 11.1 Å². The van der Waals surface area contributed by atoms with Crippen LogP contribution in [0.15, 0.2) is 73.1 Å². The fourth-order valence-corrected chi connectivity index (χ4v) is 2.51. The minimum absolute atomic E-state index is 0.407. The van der Waals surface area contributed by atoms with Gasteiger partial charge in [0.25, 0.3) is 0 Å². The minimum Gasteiger partial charge on any atom is -0.366 e. The standard InChI is InChI=1S/C19H16N2O/c20-19(22)16-6-7-18(15-4-2-1-3-5-15)17(13-16)12-14-8-10-21-11-9-14/h1-11,13H,12H2,(H2,20,22). The Bertz CT molecular complexity index is 783. The summed E-state index contributed by atoms with van der Waals surface area (Å²) in [4.78, 5) is 15.5. The highest BCUT2D eigenvalue weighted by atomic mass is 16.1. The van der Waals surface area contributed by atoms with E-state index in [-0.39, 0.29) is 0 Å². The van der Waals surface area contributed by atoms with Crippen LogP contribution < -0.4 is 5.73 Å². The maximum Gasteiger partial charge on any atom is 0.248 e. The van der Waals surface area contributed by atoms with E-state index in [1.54, 1.807) is 18.5 Å². The first-order valence-corrected chi connectivity index (χ1v) is 7.11. The molecule has 0 unspecified atom stereocenters. The number of primary amides is 1. The van der Waals surface area contributed by atoms with Gasteiger partial charge in [0, 0.05) is 18.0 Å². The quantitative estimate of drug-likeness (QED) is 0.799. The normalized spacial score (nSPS) is 10.4. The summed E-state index contributed by atoms with van der Waals surface area (Å²) in [6, 6.07) is 19.7. The summed E-state index contributed by atoms with van der Waals surface area (Å²) in [6.45, 7) is 0. The van der Waals surface area contributed by atoms with Crippen molar-refractivity contribution in [3.63, 3.8) is 0 Å². The van der Waals surface area contributed by atoms with Gasteiger partial charge in [-0.3, -0.25) is 9.78 Å². The molecule has 2 aromatic carbocycles. The van der Waals surface area contributed by atoms with Crippen LogP contribution in [0.2, 0.25) is 0 Å². The van der Waals surface area contributed by atoms with E-state index in [9.17, 15) is 4.79 Å². The van der Waals surface area contributed by atoms with Crippen molar-refractivity contribution in [1.82, 2.24) is 4.98 Å². The number of nitrogens with zero attached hydrogens (tertiary/aromatic N) is 1. The number of aromatic nitrogens is 1. The van der Waals surface area contributed by atoms with E-state index < -0.39 is 5.91 Å². The van der Waals surface area contributed by atoms with Gasteiger partial charge in [0.1, 0.15) is 0 Å². The van der Waals surface area contributed by atoms with Crippen molar-refractivity contribution in [1.29, 1.82) is 0 Å². The van der Waals surface area contributed by atoms with Crippen molar-refractivity contribution in [2.45, 2.75) is 6.42 Å². The Hall–Kier alpha value is -2.94. The number of hydrogen-bond acceptors (Lipinski definition) is 2. The molecular formula is C19H16N2O. The lowest BCUT2D eigenvalue weighted by Gasteiger charge is -2.11. The van der Waals surface area contributed by atoms with Crippen LogP contribution >= 0.6 is 0 Å². The largest absolute Gasteiger partial charge is 0.366 e. The summed E-state index contributed by atoms with van der Waals surface area (Å²) in [5.41, 5.74) is 10.4. The van der Waals surface area contributed by atoms with Gasteiger partial charge in [-0.05, 0) is 52.9 Å². The molecule has 0 radical (unpaired) electrons. The van der Waals surface area contributed by atoms with Crippen molar-refractivity contribution < 1.29 is 4.79 Å². The molecule has 0 spiro atoms. The summed E-state index contributed by atoms with van der Waals surface area (Å²) in [5, 5.41) is 0. The zero-order valence-electron chi connectivity index (χ0n) is 12.1. The van der Waals surface area contributed by atoms with Crippen molar-refractivity contribution in [2.75, 3.05) is 0 Å². The lowest BCUT2D eigenvalue weighted by molar-refractivity contribution is 0.1000. The first kappa shape index (κ1) is 14.0. The second-order valence-corrected chi connectivity index (χ2v) is 5.13. The lowest BCUT2D eigenvalue weighted by atomic mass is 9.93. The van der Waals surface area contributed by atoms with Gasteiger partial charge in [-0.1, -0.05) is 36.4 Å². The van der Waals surface area contributed by atoms with Crippen LogP contribution in [0, 0.1) is 0 Å². The molecule has 1 heterocycles. The van der Waals surface area contributed by atoms with Crippen molar-refractivity contribution in [3.05, 3.63) is 89.7 Å². The molecule has 0 saturated carbocycles. The maximum atomic E-state index is 11.5. The van der Waals surface area contributed by atoms with Gasteiger partial charge in [0.15, 0.2) is 0 Å². The zero-order valence-corrected chi connectivity index (χ0v) is 12.1. The first-order valence-electron chi connectivity index (χ1n) is 7.11. The molecule has 0 aliphatic heterocycles. The van der Waals surface area contributed by atoms with Crippen LogP contribution in [0.1, 0.15) is 21.5 Å². The number of carbonyl (C=O) groups excluding carboxylic acids is 1. The molecule has 0 aliphatic carbocycles. The Kier molecular flexibility index (Phi) is 3.97. The third-order valence-corrected chi connectivity index (χ3v) is 3.62. The lowest BCUT2D eigenvalue weighted by Crippen LogP contribution is -2.11. The Morgan fingerprint density at radius 3 is 2.36 bits per heavy atom. The van der Waals surface area contributed by atoms with Crippen LogP contribution in [0.3, 0.4) is 0 Å². The molecule has 0 bridgehead atoms. The predicted molar refractivity (Wildman–Crippen MR) is 87.4 cm³/mol. The van der Waals surface area contributed by atoms with Crippen LogP contribution in [-0.2, 0) is 6.42 Å². The Morgan fingerprint density at radius 1 is 0.955 bits per heavy atom. The molecular weight excluding hydrogens is 272 g/mol. The molecule has 3 nitrogen and oxygen atoms in total. The number of benzene rings is 2. The molecule has 3 heteroatoms. The molecule has 1 amide bonds. The molecule has 3 aromatic rings. The molecule has 0 saturated heterocycles. The monoisotopic (exact) mass is 288 g/mol. The Morgan fingerprint density at radius 2 is 1.68 bits per heavy atom. The molecule has 3 rings (SSSR count). The molecule has 108 valence electrons. The van der Waals surface area contributed by atoms with Gasteiger partial charge >= 0.3 is 0 Å². The first-order chi connectivity index (χ1) is 10.7. The van der Waals surface area contributed by atoms with Gasteiger partial charge in [-0.25, -0.2) is 0 Å². The average Bonchev–Trinajstić information content (AvgIpc) is 2.56. The molecule has 22 heavy (non-hydrogen) atoms. The second kappa shape index (κ2) is 6.22. The maximum absolute atomic E-state index is 11.5. The number of hydrogen-bond donors (Lipinski definition) is 1. The van der Waals surface area contributed by atoms with E-state index in [2.05, 4.69) is 17.1 Å². The Balaban J connectivity index is 2.07. The van der Waals surface area contributed by atoms with E-state index in [4.69, 9.17) is 5.73 Å². The van der Waals surface area contributed by atoms with E-state index in [0.717, 1.165) is 28.7 Å². The average molecular weight is 288 g/mol. The van der Waals surface area contributed by atoms with Gasteiger partial charge in [-0.15, -0.1) is 0 Å². The zero-order chi connectivity index (χ0) is 15.4. The topological polar surface area (TPSA) is 56.0 Å². The van der Waals surface area contributed by atoms with Gasteiger partial charge in [0.05, 0.1) is 0 Å². The summed E-state index contributed by atoms with van der Waals surface area (Å²) in [5.74, 6) is -0.407. The molecule has 1 aromatic heterocycles. The fourth-order valence-electron chi connectivity index (χ4n) is 2.51. The number of nitrogens with two attached hydrogens (primary N) is 1. The van der Waals surface area contributed by atoms with Crippen LogP contribution in [0.5, 0.6) is 0 Å². The van der Waals surface area contributed by atoms with E-state index in [1.165, 1.54) is 0 Å². The summed E-state index contributed by atoms with van der Waals surface area (Å²) < 4.78 is 0. The van der Waals surface area contributed by atoms with E-state index >= 15 is 0 Å². The number of carbonyl (C=O) groups is 1. The fraction of sp³-hybridized carbons (Fsp3) is 0.0526. The van der Waals surface area contributed by atoms with Gasteiger partial charge in [0.2, 0.25) is 5.91 Å². The minimum atomic E-state index is -0.407. The third-order valence-electron chi connectivity index (χ3n) is 3.62. The SMILES string of the molecule is NC(=O)c1ccc(-c2ccccc2)c(Cc2ccncc2)c1. The van der Waals surface area contributed by atoms with Crippen molar-refractivity contribution in [2.24, 2.45) is 5.73 Å². The number of amides is 1. The molecule has 0 aliphatic rings. The molecule has 2 N–H and O–H groups in total. The molecule has 0 atom stereocenters. The summed E-state index contributed by atoms with van der Waals surface area (Å²) >= 11 is 0. The third kappa shape index (κ3) is 3.04. The van der Waals surface area contributed by atoms with Crippen molar-refractivity contribution >= 4 is 5.91 Å². The number of rotatable bonds is 4.